The van der Waals surface area contributed by atoms with Crippen molar-refractivity contribution in [2.45, 2.75) is 44.2 Å². The van der Waals surface area contributed by atoms with Crippen LogP contribution in [0.5, 0.6) is 0 Å². The standard InChI is InChI=1S/C16H19N3O4/c20-13(18-16(14(21)22)8-4-1-5-9-16)10-19-12-7-3-2-6-11(12)17-15(19)23/h2-3,6-7H,1,4-5,8-10H2,(H,17,23)(H,18,20)(H,21,22). The summed E-state index contributed by atoms with van der Waals surface area (Å²) in [6, 6.07) is 7.08. The minimum Gasteiger partial charge on any atom is -0.480 e. The summed E-state index contributed by atoms with van der Waals surface area (Å²) in [5.74, 6) is -1.46. The lowest BCUT2D eigenvalue weighted by molar-refractivity contribution is -0.149. The molecule has 1 heterocycles. The van der Waals surface area contributed by atoms with Crippen LogP contribution < -0.4 is 11.0 Å². The molecular formula is C16H19N3O4. The van der Waals surface area contributed by atoms with Crippen molar-refractivity contribution >= 4 is 22.9 Å². The van der Waals surface area contributed by atoms with Crippen LogP contribution in [0.1, 0.15) is 32.1 Å². The van der Waals surface area contributed by atoms with Crippen molar-refractivity contribution in [3.8, 4) is 0 Å². The van der Waals surface area contributed by atoms with E-state index in [-0.39, 0.29) is 12.2 Å². The number of nitrogens with one attached hydrogen (secondary N) is 2. The normalized spacial score (nSPS) is 17.0. The summed E-state index contributed by atoms with van der Waals surface area (Å²) in [6.45, 7) is -0.197. The molecule has 1 aromatic carbocycles. The van der Waals surface area contributed by atoms with Crippen LogP contribution in [0.15, 0.2) is 29.1 Å². The number of H-pyrrole nitrogens is 1. The predicted octanol–water partition coefficient (Wildman–Crippen LogP) is 1.23. The number of hydrogen-bond acceptors (Lipinski definition) is 3. The van der Waals surface area contributed by atoms with Gasteiger partial charge < -0.3 is 15.4 Å². The maximum Gasteiger partial charge on any atom is 0.329 e. The van der Waals surface area contributed by atoms with E-state index in [9.17, 15) is 19.5 Å². The number of benzene rings is 1. The van der Waals surface area contributed by atoms with Crippen LogP contribution in [0, 0.1) is 0 Å². The van der Waals surface area contributed by atoms with Gasteiger partial charge in [-0.15, -0.1) is 0 Å². The second-order valence-electron chi connectivity index (χ2n) is 6.03. The number of hydrogen-bond donors (Lipinski definition) is 3. The molecule has 1 aliphatic carbocycles. The molecule has 3 N–H and O–H groups in total. The van der Waals surface area contributed by atoms with E-state index >= 15 is 0 Å². The first-order valence-corrected chi connectivity index (χ1v) is 7.74. The van der Waals surface area contributed by atoms with Crippen molar-refractivity contribution in [2.75, 3.05) is 0 Å². The van der Waals surface area contributed by atoms with Crippen LogP contribution in [0.2, 0.25) is 0 Å². The van der Waals surface area contributed by atoms with Gasteiger partial charge in [0.15, 0.2) is 0 Å². The summed E-state index contributed by atoms with van der Waals surface area (Å²) in [5.41, 5.74) is -0.309. The third kappa shape index (κ3) is 2.86. The monoisotopic (exact) mass is 317 g/mol. The smallest absolute Gasteiger partial charge is 0.329 e. The highest BCUT2D eigenvalue weighted by molar-refractivity contribution is 5.87. The number of aromatic nitrogens is 2. The second-order valence-corrected chi connectivity index (χ2v) is 6.03. The molecule has 1 amide bonds. The number of carbonyl (C=O) groups is 2. The SMILES string of the molecule is O=C(Cn1c(=O)[nH]c2ccccc21)NC1(C(=O)O)CCCCC1. The van der Waals surface area contributed by atoms with Gasteiger partial charge in [-0.05, 0) is 25.0 Å². The number of rotatable bonds is 4. The van der Waals surface area contributed by atoms with Gasteiger partial charge in [-0.2, -0.15) is 0 Å². The maximum atomic E-state index is 12.3. The Morgan fingerprint density at radius 3 is 2.61 bits per heavy atom. The Morgan fingerprint density at radius 1 is 1.22 bits per heavy atom. The van der Waals surface area contributed by atoms with E-state index in [4.69, 9.17) is 0 Å². The van der Waals surface area contributed by atoms with E-state index in [2.05, 4.69) is 10.3 Å². The quantitative estimate of drug-likeness (QED) is 0.789. The predicted molar refractivity (Wildman–Crippen MR) is 84.2 cm³/mol. The van der Waals surface area contributed by atoms with Gasteiger partial charge in [0.2, 0.25) is 5.91 Å². The van der Waals surface area contributed by atoms with Gasteiger partial charge in [0.05, 0.1) is 11.0 Å². The van der Waals surface area contributed by atoms with Crippen LogP contribution in [-0.2, 0) is 16.1 Å². The Balaban J connectivity index is 1.82. The molecule has 3 rings (SSSR count). The van der Waals surface area contributed by atoms with Crippen LogP contribution in [0.3, 0.4) is 0 Å². The lowest BCUT2D eigenvalue weighted by atomic mass is 9.81. The van der Waals surface area contributed by atoms with Gasteiger partial charge >= 0.3 is 11.7 Å². The van der Waals surface area contributed by atoms with Crippen LogP contribution in [-0.4, -0.2) is 32.1 Å². The van der Waals surface area contributed by atoms with Gasteiger partial charge in [-0.3, -0.25) is 9.36 Å². The number of fused-ring (bicyclic) bond motifs is 1. The van der Waals surface area contributed by atoms with Crippen molar-refractivity contribution in [3.05, 3.63) is 34.7 Å². The molecular weight excluding hydrogens is 298 g/mol. The highest BCUT2D eigenvalue weighted by atomic mass is 16.4. The number of aromatic amines is 1. The minimum absolute atomic E-state index is 0.197. The Kier molecular flexibility index (Phi) is 3.94. The number of carboxylic acids is 1. The number of carbonyl (C=O) groups excluding carboxylic acids is 1. The van der Waals surface area contributed by atoms with E-state index in [0.29, 0.717) is 23.9 Å². The molecule has 0 radical (unpaired) electrons. The number of amides is 1. The molecule has 0 saturated heterocycles. The Hall–Kier alpha value is -2.57. The molecule has 0 aliphatic heterocycles. The van der Waals surface area contributed by atoms with E-state index in [1.165, 1.54) is 4.57 Å². The highest BCUT2D eigenvalue weighted by Gasteiger charge is 2.40. The zero-order valence-corrected chi connectivity index (χ0v) is 12.7. The van der Waals surface area contributed by atoms with E-state index in [0.717, 1.165) is 19.3 Å². The molecule has 1 saturated carbocycles. The maximum absolute atomic E-state index is 12.3. The zero-order chi connectivity index (χ0) is 16.4. The highest BCUT2D eigenvalue weighted by Crippen LogP contribution is 2.28. The van der Waals surface area contributed by atoms with Gasteiger partial charge in [0.1, 0.15) is 12.1 Å². The molecule has 0 atom stereocenters. The molecule has 23 heavy (non-hydrogen) atoms. The van der Waals surface area contributed by atoms with Crippen LogP contribution in [0.4, 0.5) is 0 Å². The fraction of sp³-hybridized carbons (Fsp3) is 0.438. The number of carboxylic acid groups (broad SMARTS) is 1. The molecule has 7 heteroatoms. The van der Waals surface area contributed by atoms with E-state index in [1.54, 1.807) is 24.3 Å². The summed E-state index contributed by atoms with van der Waals surface area (Å²) in [6.07, 6.45) is 3.39. The zero-order valence-electron chi connectivity index (χ0n) is 12.7. The summed E-state index contributed by atoms with van der Waals surface area (Å²) in [7, 11) is 0. The molecule has 7 nitrogen and oxygen atoms in total. The number of para-hydroxylation sites is 2. The molecule has 0 spiro atoms. The van der Waals surface area contributed by atoms with Crippen molar-refractivity contribution in [1.82, 2.24) is 14.9 Å². The van der Waals surface area contributed by atoms with Gasteiger partial charge in [-0.25, -0.2) is 9.59 Å². The molecule has 0 bridgehead atoms. The molecule has 122 valence electrons. The largest absolute Gasteiger partial charge is 0.480 e. The lowest BCUT2D eigenvalue weighted by Crippen LogP contribution is -2.56. The fourth-order valence-corrected chi connectivity index (χ4v) is 3.26. The van der Waals surface area contributed by atoms with E-state index < -0.39 is 17.4 Å². The average molecular weight is 317 g/mol. The molecule has 1 fully saturated rings. The third-order valence-electron chi connectivity index (χ3n) is 4.48. The van der Waals surface area contributed by atoms with Crippen LogP contribution in [0.25, 0.3) is 11.0 Å². The second kappa shape index (κ2) is 5.91. The Bertz CT molecular complexity index is 799. The number of imidazole rings is 1. The Morgan fingerprint density at radius 2 is 1.91 bits per heavy atom. The molecule has 1 aromatic heterocycles. The van der Waals surface area contributed by atoms with E-state index in [1.807, 2.05) is 0 Å². The van der Waals surface area contributed by atoms with Crippen molar-refractivity contribution < 1.29 is 14.7 Å². The fourth-order valence-electron chi connectivity index (χ4n) is 3.26. The number of nitrogens with zero attached hydrogens (tertiary/aromatic N) is 1. The summed E-state index contributed by atoms with van der Waals surface area (Å²) >= 11 is 0. The van der Waals surface area contributed by atoms with Gasteiger partial charge in [0.25, 0.3) is 0 Å². The summed E-state index contributed by atoms with van der Waals surface area (Å²) in [4.78, 5) is 38.6. The van der Waals surface area contributed by atoms with Crippen molar-refractivity contribution in [1.29, 1.82) is 0 Å². The molecule has 2 aromatic rings. The lowest BCUT2D eigenvalue weighted by Gasteiger charge is -2.34. The number of aliphatic carboxylic acids is 1. The van der Waals surface area contributed by atoms with Gasteiger partial charge in [-0.1, -0.05) is 31.4 Å². The summed E-state index contributed by atoms with van der Waals surface area (Å²) < 4.78 is 1.32. The molecule has 0 unspecified atom stereocenters. The van der Waals surface area contributed by atoms with Crippen molar-refractivity contribution in [3.63, 3.8) is 0 Å². The van der Waals surface area contributed by atoms with Crippen LogP contribution >= 0.6 is 0 Å². The van der Waals surface area contributed by atoms with Gasteiger partial charge in [0, 0.05) is 0 Å². The first kappa shape index (κ1) is 15.3. The first-order valence-electron chi connectivity index (χ1n) is 7.74. The Labute approximate surface area is 132 Å². The summed E-state index contributed by atoms with van der Waals surface area (Å²) in [5, 5.41) is 12.2. The topological polar surface area (TPSA) is 104 Å². The first-order chi connectivity index (χ1) is 11.0. The third-order valence-corrected chi connectivity index (χ3v) is 4.48. The average Bonchev–Trinajstić information content (AvgIpc) is 2.84. The van der Waals surface area contributed by atoms with Crippen molar-refractivity contribution in [2.24, 2.45) is 0 Å². The molecule has 1 aliphatic rings. The minimum atomic E-state index is -1.20.